The minimum absolute atomic E-state index is 0.199. The van der Waals surface area contributed by atoms with E-state index in [0.29, 0.717) is 15.6 Å². The first kappa shape index (κ1) is 17.2. The molecule has 6 heteroatoms. The third-order valence-electron chi connectivity index (χ3n) is 3.78. The zero-order valence-electron chi connectivity index (χ0n) is 13.1. The molecule has 2 aromatic rings. The molecule has 1 atom stereocenters. The Morgan fingerprint density at radius 1 is 1.20 bits per heavy atom. The number of nitrogens with zero attached hydrogens (tertiary/aromatic N) is 2. The van der Waals surface area contributed by atoms with Crippen LogP contribution in [0.15, 0.2) is 77.6 Å². The fourth-order valence-electron chi connectivity index (χ4n) is 2.56. The minimum atomic E-state index is -0.723. The molecule has 0 saturated heterocycles. The van der Waals surface area contributed by atoms with Crippen LogP contribution in [0.4, 0.5) is 5.69 Å². The van der Waals surface area contributed by atoms with E-state index in [1.807, 2.05) is 30.3 Å². The topological polar surface area (TPSA) is 70.1 Å². The van der Waals surface area contributed by atoms with E-state index in [1.165, 1.54) is 11.8 Å². The zero-order valence-corrected chi connectivity index (χ0v) is 14.7. The second-order valence-corrected chi connectivity index (χ2v) is 6.96. The second-order valence-electron chi connectivity index (χ2n) is 5.34. The van der Waals surface area contributed by atoms with Crippen LogP contribution < -0.4 is 10.6 Å². The summed E-state index contributed by atoms with van der Waals surface area (Å²) in [6.45, 7) is 4.02. The van der Waals surface area contributed by atoms with Gasteiger partial charge in [0.1, 0.15) is 17.1 Å². The van der Waals surface area contributed by atoms with Crippen LogP contribution in [-0.2, 0) is 0 Å². The van der Waals surface area contributed by atoms with Gasteiger partial charge >= 0.3 is 0 Å². The maximum atomic E-state index is 12.9. The van der Waals surface area contributed by atoms with E-state index in [9.17, 15) is 10.1 Å². The van der Waals surface area contributed by atoms with Crippen LogP contribution in [0.5, 0.6) is 0 Å². The van der Waals surface area contributed by atoms with E-state index in [4.69, 9.17) is 17.3 Å². The molecule has 0 saturated carbocycles. The third-order valence-corrected chi connectivity index (χ3v) is 5.18. The van der Waals surface area contributed by atoms with Gasteiger partial charge in [-0.05, 0) is 36.4 Å². The van der Waals surface area contributed by atoms with Gasteiger partial charge in [0.15, 0.2) is 5.78 Å². The van der Waals surface area contributed by atoms with Gasteiger partial charge in [0.25, 0.3) is 0 Å². The Bertz CT molecular complexity index is 901. The van der Waals surface area contributed by atoms with Crippen LogP contribution in [-0.4, -0.2) is 11.0 Å². The number of hydrogen-bond donors (Lipinski definition) is 1. The summed E-state index contributed by atoms with van der Waals surface area (Å²) in [5, 5.41) is 10.0. The molecule has 3 rings (SSSR count). The van der Waals surface area contributed by atoms with E-state index in [2.05, 4.69) is 12.6 Å². The van der Waals surface area contributed by atoms with Gasteiger partial charge in [-0.1, -0.05) is 48.1 Å². The molecule has 1 unspecified atom stereocenters. The molecule has 0 aromatic heterocycles. The summed E-state index contributed by atoms with van der Waals surface area (Å²) in [4.78, 5) is 14.5. The first-order valence-corrected chi connectivity index (χ1v) is 8.69. The van der Waals surface area contributed by atoms with Crippen molar-refractivity contribution in [3.8, 4) is 6.07 Å². The Morgan fingerprint density at radius 2 is 1.84 bits per heavy atom. The van der Waals surface area contributed by atoms with Gasteiger partial charge < -0.3 is 5.73 Å². The number of carbonyl (C=O) groups is 1. The van der Waals surface area contributed by atoms with Gasteiger partial charge in [-0.3, -0.25) is 9.69 Å². The molecule has 0 spiro atoms. The SMILES string of the molecule is C=C1SC(C(=O)c2ccc(Cl)cc2)C(C#N)=C(N)N1c1ccccc1. The van der Waals surface area contributed by atoms with Crippen molar-refractivity contribution in [2.45, 2.75) is 5.25 Å². The molecule has 1 aliphatic rings. The fourth-order valence-corrected chi connectivity index (χ4v) is 3.80. The number of anilines is 1. The molecule has 0 amide bonds. The van der Waals surface area contributed by atoms with E-state index >= 15 is 0 Å². The number of hydrogen-bond acceptors (Lipinski definition) is 5. The standard InChI is InChI=1S/C19H14ClN3OS/c1-12-23(15-5-3-2-4-6-15)19(22)16(11-21)18(25-12)17(24)13-7-9-14(20)10-8-13/h2-10,18H,1,22H2. The average molecular weight is 368 g/mol. The molecule has 0 aliphatic carbocycles. The lowest BCUT2D eigenvalue weighted by molar-refractivity contribution is 0.0999. The molecule has 2 N–H and O–H groups in total. The Labute approximate surface area is 155 Å². The van der Waals surface area contributed by atoms with Crippen molar-refractivity contribution in [1.29, 1.82) is 5.26 Å². The van der Waals surface area contributed by atoms with E-state index in [0.717, 1.165) is 5.69 Å². The predicted molar refractivity (Wildman–Crippen MR) is 102 cm³/mol. The summed E-state index contributed by atoms with van der Waals surface area (Å²) in [7, 11) is 0. The summed E-state index contributed by atoms with van der Waals surface area (Å²) < 4.78 is 0. The quantitative estimate of drug-likeness (QED) is 0.818. The van der Waals surface area contributed by atoms with E-state index < -0.39 is 5.25 Å². The number of carbonyl (C=O) groups excluding carboxylic acids is 1. The van der Waals surface area contributed by atoms with Gasteiger partial charge in [0, 0.05) is 16.3 Å². The van der Waals surface area contributed by atoms with Crippen molar-refractivity contribution in [2.75, 3.05) is 4.90 Å². The summed E-state index contributed by atoms with van der Waals surface area (Å²) in [6.07, 6.45) is 0. The van der Waals surface area contributed by atoms with Crippen molar-refractivity contribution in [1.82, 2.24) is 0 Å². The first-order valence-electron chi connectivity index (χ1n) is 7.43. The summed E-state index contributed by atoms with van der Waals surface area (Å²) in [5.74, 6) is 0.0276. The minimum Gasteiger partial charge on any atom is -0.384 e. The van der Waals surface area contributed by atoms with Crippen molar-refractivity contribution in [2.24, 2.45) is 5.73 Å². The molecular formula is C19H14ClN3OS. The fraction of sp³-hybridized carbons (Fsp3) is 0.0526. The van der Waals surface area contributed by atoms with Gasteiger partial charge in [0.2, 0.25) is 0 Å². The van der Waals surface area contributed by atoms with E-state index in [-0.39, 0.29) is 17.2 Å². The Kier molecular flexibility index (Phi) is 4.84. The lowest BCUT2D eigenvalue weighted by Gasteiger charge is -2.34. The molecule has 2 aromatic carbocycles. The molecular weight excluding hydrogens is 354 g/mol. The highest BCUT2D eigenvalue weighted by Crippen LogP contribution is 2.40. The monoisotopic (exact) mass is 367 g/mol. The highest BCUT2D eigenvalue weighted by atomic mass is 35.5. The lowest BCUT2D eigenvalue weighted by Crippen LogP contribution is -2.36. The number of para-hydroxylation sites is 1. The molecule has 124 valence electrons. The van der Waals surface area contributed by atoms with Crippen molar-refractivity contribution >= 4 is 34.8 Å². The Morgan fingerprint density at radius 3 is 2.44 bits per heavy atom. The van der Waals surface area contributed by atoms with Crippen LogP contribution in [0.3, 0.4) is 0 Å². The lowest BCUT2D eigenvalue weighted by atomic mass is 10.0. The predicted octanol–water partition coefficient (Wildman–Crippen LogP) is 4.31. The average Bonchev–Trinajstić information content (AvgIpc) is 2.62. The van der Waals surface area contributed by atoms with Gasteiger partial charge in [-0.25, -0.2) is 0 Å². The van der Waals surface area contributed by atoms with Crippen LogP contribution in [0.1, 0.15) is 10.4 Å². The first-order chi connectivity index (χ1) is 12.0. The summed E-state index contributed by atoms with van der Waals surface area (Å²) in [6, 6.07) is 18.0. The highest BCUT2D eigenvalue weighted by Gasteiger charge is 2.35. The van der Waals surface area contributed by atoms with Gasteiger partial charge in [-0.15, -0.1) is 0 Å². The van der Waals surface area contributed by atoms with Crippen molar-refractivity contribution in [3.05, 3.63) is 88.2 Å². The van der Waals surface area contributed by atoms with Gasteiger partial charge in [0.05, 0.1) is 10.6 Å². The number of thioether (sulfide) groups is 1. The van der Waals surface area contributed by atoms with Crippen LogP contribution in [0, 0.1) is 11.3 Å². The Balaban J connectivity index is 2.02. The Hall–Kier alpha value is -2.68. The number of benzene rings is 2. The molecule has 25 heavy (non-hydrogen) atoms. The van der Waals surface area contributed by atoms with E-state index in [1.54, 1.807) is 29.2 Å². The molecule has 0 radical (unpaired) electrons. The summed E-state index contributed by atoms with van der Waals surface area (Å²) >= 11 is 7.09. The largest absolute Gasteiger partial charge is 0.384 e. The number of nitrogens with two attached hydrogens (primary N) is 1. The van der Waals surface area contributed by atoms with Gasteiger partial charge in [-0.2, -0.15) is 5.26 Å². The number of nitriles is 1. The molecule has 4 nitrogen and oxygen atoms in total. The number of halogens is 1. The maximum absolute atomic E-state index is 12.9. The molecule has 1 heterocycles. The number of Topliss-reactive ketones (excluding diaryl/α,β-unsaturated/α-hetero) is 1. The maximum Gasteiger partial charge on any atom is 0.181 e. The number of ketones is 1. The normalized spacial score (nSPS) is 17.4. The van der Waals surface area contributed by atoms with Crippen molar-refractivity contribution in [3.63, 3.8) is 0 Å². The highest BCUT2D eigenvalue weighted by molar-refractivity contribution is 8.04. The molecule has 0 fully saturated rings. The summed E-state index contributed by atoms with van der Waals surface area (Å²) in [5.41, 5.74) is 7.71. The second kappa shape index (κ2) is 7.06. The molecule has 1 aliphatic heterocycles. The smallest absolute Gasteiger partial charge is 0.181 e. The van der Waals surface area contributed by atoms with Crippen LogP contribution in [0.25, 0.3) is 0 Å². The zero-order chi connectivity index (χ0) is 18.0. The third kappa shape index (κ3) is 3.27. The number of rotatable bonds is 3. The van der Waals surface area contributed by atoms with Crippen LogP contribution in [0.2, 0.25) is 5.02 Å². The molecule has 0 bridgehead atoms. The van der Waals surface area contributed by atoms with Crippen molar-refractivity contribution < 1.29 is 4.79 Å². The van der Waals surface area contributed by atoms with Crippen LogP contribution >= 0.6 is 23.4 Å².